The number of carbonyl (C=O) groups excluding carboxylic acids is 2. The number of hydrogen-bond acceptors (Lipinski definition) is 4. The molecule has 0 aromatic rings. The van der Waals surface area contributed by atoms with Crippen molar-refractivity contribution in [2.75, 3.05) is 18.4 Å². The summed E-state index contributed by atoms with van der Waals surface area (Å²) in [5.74, 6) is 0.944. The largest absolute Gasteiger partial charge is 0.347 e. The Morgan fingerprint density at radius 3 is 1.86 bits per heavy atom. The fourth-order valence-electron chi connectivity index (χ4n) is 0.410. The summed E-state index contributed by atoms with van der Waals surface area (Å²) in [6.45, 7) is 5.31. The van der Waals surface area contributed by atoms with E-state index in [4.69, 9.17) is 0 Å². The Bertz CT molecular complexity index is 172. The minimum absolute atomic E-state index is 0.0364. The van der Waals surface area contributed by atoms with Crippen molar-refractivity contribution >= 4 is 34.5 Å². The van der Waals surface area contributed by atoms with Gasteiger partial charge in [-0.25, -0.2) is 0 Å². The van der Waals surface area contributed by atoms with Crippen LogP contribution in [0, 0.1) is 5.92 Å². The molecule has 0 heterocycles. The third-order valence-electron chi connectivity index (χ3n) is 1.14. The molecule has 0 saturated carbocycles. The summed E-state index contributed by atoms with van der Waals surface area (Å²) in [4.78, 5) is 20.6. The van der Waals surface area contributed by atoms with Crippen LogP contribution in [-0.2, 0) is 9.59 Å². The van der Waals surface area contributed by atoms with Crippen molar-refractivity contribution in [1.29, 1.82) is 0 Å². The van der Waals surface area contributed by atoms with Crippen LogP contribution in [0.4, 0.5) is 0 Å². The zero-order valence-electron chi connectivity index (χ0n) is 9.42. The predicted octanol–water partition coefficient (Wildman–Crippen LogP) is 1.97. The number of carbonyl (C=O) groups is 2. The molecular formula is C9H19NO2S2. The van der Waals surface area contributed by atoms with Crippen LogP contribution in [0.5, 0.6) is 0 Å². The monoisotopic (exact) mass is 237 g/mol. The Morgan fingerprint density at radius 2 is 1.79 bits per heavy atom. The average Bonchev–Trinajstić information content (AvgIpc) is 2.14. The summed E-state index contributed by atoms with van der Waals surface area (Å²) >= 11 is 2.89. The molecule has 0 aliphatic heterocycles. The first kappa shape index (κ1) is 16.3. The minimum atomic E-state index is 0.0364. The lowest BCUT2D eigenvalue weighted by molar-refractivity contribution is -0.118. The first-order valence-corrected chi connectivity index (χ1v) is 6.88. The van der Waals surface area contributed by atoms with E-state index in [1.807, 2.05) is 26.4 Å². The molecule has 1 N–H and O–H groups in total. The first-order chi connectivity index (χ1) is 6.45. The van der Waals surface area contributed by atoms with Crippen LogP contribution in [-0.4, -0.2) is 29.4 Å². The van der Waals surface area contributed by atoms with Crippen LogP contribution in [0.15, 0.2) is 0 Å². The molecule has 14 heavy (non-hydrogen) atoms. The Morgan fingerprint density at radius 1 is 1.29 bits per heavy atom. The lowest BCUT2D eigenvalue weighted by atomic mass is 10.3. The van der Waals surface area contributed by atoms with Gasteiger partial charge in [0.1, 0.15) is 0 Å². The summed E-state index contributed by atoms with van der Waals surface area (Å²) in [7, 11) is 0. The van der Waals surface area contributed by atoms with E-state index in [-0.39, 0.29) is 16.9 Å². The van der Waals surface area contributed by atoms with Crippen molar-refractivity contribution in [2.24, 2.45) is 5.92 Å². The maximum Gasteiger partial charge on any atom is 0.217 e. The third-order valence-corrected chi connectivity index (χ3v) is 2.44. The van der Waals surface area contributed by atoms with E-state index < -0.39 is 0 Å². The van der Waals surface area contributed by atoms with Crippen molar-refractivity contribution in [3.63, 3.8) is 0 Å². The van der Waals surface area contributed by atoms with Gasteiger partial charge in [0.05, 0.1) is 5.88 Å². The van der Waals surface area contributed by atoms with Gasteiger partial charge in [0.15, 0.2) is 5.12 Å². The van der Waals surface area contributed by atoms with Crippen LogP contribution < -0.4 is 5.32 Å². The lowest BCUT2D eigenvalue weighted by Crippen LogP contribution is -2.18. The van der Waals surface area contributed by atoms with Gasteiger partial charge in [0.25, 0.3) is 0 Å². The topological polar surface area (TPSA) is 46.2 Å². The van der Waals surface area contributed by atoms with Crippen molar-refractivity contribution in [3.8, 4) is 0 Å². The Hall–Kier alpha value is -0.160. The van der Waals surface area contributed by atoms with Crippen LogP contribution in [0.3, 0.4) is 0 Å². The zero-order chi connectivity index (χ0) is 11.6. The normalized spacial score (nSPS) is 9.00. The molecule has 0 saturated heterocycles. The molecule has 3 nitrogen and oxygen atoms in total. The van der Waals surface area contributed by atoms with E-state index in [0.29, 0.717) is 0 Å². The molecule has 0 rings (SSSR count). The number of amides is 1. The first-order valence-electron chi connectivity index (χ1n) is 4.26. The van der Waals surface area contributed by atoms with Crippen molar-refractivity contribution < 1.29 is 9.59 Å². The maximum atomic E-state index is 10.5. The number of nitrogens with one attached hydrogen (secondary N) is 1. The highest BCUT2D eigenvalue weighted by atomic mass is 32.2. The van der Waals surface area contributed by atoms with Gasteiger partial charge in [-0.3, -0.25) is 9.59 Å². The van der Waals surface area contributed by atoms with Gasteiger partial charge in [0.2, 0.25) is 5.91 Å². The van der Waals surface area contributed by atoms with Gasteiger partial charge in [0, 0.05) is 12.8 Å². The molecule has 1 amide bonds. The van der Waals surface area contributed by atoms with Gasteiger partial charge in [-0.05, 0) is 12.5 Å². The molecule has 0 radical (unpaired) electrons. The molecule has 0 aliphatic rings. The molecule has 0 spiro atoms. The van der Waals surface area contributed by atoms with E-state index in [1.54, 1.807) is 11.8 Å². The second kappa shape index (κ2) is 10.9. The molecular weight excluding hydrogens is 218 g/mol. The number of thioether (sulfide) groups is 2. The summed E-state index contributed by atoms with van der Waals surface area (Å²) < 4.78 is 0. The summed E-state index contributed by atoms with van der Waals surface area (Å²) in [6, 6.07) is 0. The molecule has 0 aromatic carbocycles. The van der Waals surface area contributed by atoms with Crippen LogP contribution in [0.1, 0.15) is 20.8 Å². The fraction of sp³-hybridized carbons (Fsp3) is 0.778. The van der Waals surface area contributed by atoms with Gasteiger partial charge in [-0.2, -0.15) is 0 Å². The van der Waals surface area contributed by atoms with Crippen molar-refractivity contribution in [2.45, 2.75) is 20.8 Å². The van der Waals surface area contributed by atoms with Crippen LogP contribution >= 0.6 is 23.5 Å². The molecule has 0 aliphatic carbocycles. The highest BCUT2D eigenvalue weighted by Gasteiger charge is 2.01. The Balaban J connectivity index is 0. The van der Waals surface area contributed by atoms with Gasteiger partial charge >= 0.3 is 0 Å². The predicted molar refractivity (Wildman–Crippen MR) is 65.6 cm³/mol. The molecule has 5 heteroatoms. The Kier molecular flexibility index (Phi) is 12.7. The fourth-order valence-corrected chi connectivity index (χ4v) is 1.23. The number of hydrogen-bond donors (Lipinski definition) is 1. The van der Waals surface area contributed by atoms with E-state index in [1.165, 1.54) is 18.7 Å². The highest BCUT2D eigenvalue weighted by Crippen LogP contribution is 2.04. The zero-order valence-corrected chi connectivity index (χ0v) is 11.1. The van der Waals surface area contributed by atoms with E-state index >= 15 is 0 Å². The van der Waals surface area contributed by atoms with Gasteiger partial charge in [-0.1, -0.05) is 25.6 Å². The van der Waals surface area contributed by atoms with Crippen molar-refractivity contribution in [3.05, 3.63) is 0 Å². The van der Waals surface area contributed by atoms with Crippen LogP contribution in [0.25, 0.3) is 0 Å². The van der Waals surface area contributed by atoms with Gasteiger partial charge < -0.3 is 5.32 Å². The quantitative estimate of drug-likeness (QED) is 0.762. The molecule has 0 atom stereocenters. The molecule has 84 valence electrons. The van der Waals surface area contributed by atoms with E-state index in [0.717, 1.165) is 5.88 Å². The third kappa shape index (κ3) is 14.4. The number of rotatable bonds is 3. The highest BCUT2D eigenvalue weighted by molar-refractivity contribution is 8.13. The van der Waals surface area contributed by atoms with Crippen LogP contribution in [0.2, 0.25) is 0 Å². The standard InChI is InChI=1S/C5H10OS.C4H9NOS/c1-4(2)5(6)7-3;1-4(6)5-3-7-2/h4H,1-3H3;3H2,1-2H3,(H,5,6). The molecule has 0 unspecified atom stereocenters. The Labute approximate surface area is 94.8 Å². The second-order valence-corrected chi connectivity index (χ2v) is 4.52. The summed E-state index contributed by atoms with van der Waals surface area (Å²) in [5.41, 5.74) is 0. The summed E-state index contributed by atoms with van der Waals surface area (Å²) in [5, 5.41) is 2.88. The second-order valence-electron chi connectivity index (χ2n) is 2.84. The smallest absolute Gasteiger partial charge is 0.217 e. The van der Waals surface area contributed by atoms with E-state index in [2.05, 4.69) is 5.32 Å². The minimum Gasteiger partial charge on any atom is -0.347 e. The average molecular weight is 237 g/mol. The molecule has 0 fully saturated rings. The van der Waals surface area contributed by atoms with E-state index in [9.17, 15) is 9.59 Å². The lowest BCUT2D eigenvalue weighted by Gasteiger charge is -1.95. The molecule has 0 aromatic heterocycles. The maximum absolute atomic E-state index is 10.5. The summed E-state index contributed by atoms with van der Waals surface area (Å²) in [6.07, 6.45) is 3.75. The van der Waals surface area contributed by atoms with Crippen molar-refractivity contribution in [1.82, 2.24) is 5.32 Å². The van der Waals surface area contributed by atoms with Gasteiger partial charge in [-0.15, -0.1) is 11.8 Å². The SMILES string of the molecule is CSC(=O)C(C)C.CSCNC(C)=O. The molecule has 0 bridgehead atoms.